The van der Waals surface area contributed by atoms with Crippen molar-refractivity contribution in [2.24, 2.45) is 0 Å². The van der Waals surface area contributed by atoms with Crippen LogP contribution in [0.3, 0.4) is 0 Å². The minimum Gasteiger partial charge on any atom is -0.381 e. The maximum atomic E-state index is 3.53. The van der Waals surface area contributed by atoms with E-state index in [1.165, 1.54) is 5.56 Å². The Balaban J connectivity index is 1.73. The first kappa shape index (κ1) is 14.4. The molecule has 21 heavy (non-hydrogen) atoms. The van der Waals surface area contributed by atoms with Crippen LogP contribution < -0.4 is 5.32 Å². The summed E-state index contributed by atoms with van der Waals surface area (Å²) in [6.07, 6.45) is 4.09. The van der Waals surface area contributed by atoms with E-state index in [1.807, 2.05) is 24.5 Å². The number of benzene rings is 2. The lowest BCUT2D eigenvalue weighted by atomic mass is 10.2. The van der Waals surface area contributed by atoms with Crippen molar-refractivity contribution in [3.05, 3.63) is 81.5 Å². The van der Waals surface area contributed by atoms with E-state index >= 15 is 0 Å². The van der Waals surface area contributed by atoms with Crippen molar-refractivity contribution in [2.45, 2.75) is 6.54 Å². The Labute approximate surface area is 141 Å². The number of anilines is 1. The maximum absolute atomic E-state index is 3.53. The maximum Gasteiger partial charge on any atom is 0.0469 e. The molecule has 1 N–H and O–H groups in total. The molecule has 0 spiro atoms. The molecule has 0 aliphatic rings. The number of halogens is 2. The van der Waals surface area contributed by atoms with Gasteiger partial charge in [-0.15, -0.1) is 0 Å². The first-order valence-electron chi connectivity index (χ1n) is 6.63. The van der Waals surface area contributed by atoms with Crippen molar-refractivity contribution < 1.29 is 0 Å². The van der Waals surface area contributed by atoms with Crippen LogP contribution in [0.4, 0.5) is 5.69 Å². The van der Waals surface area contributed by atoms with Gasteiger partial charge < -0.3 is 9.88 Å². The summed E-state index contributed by atoms with van der Waals surface area (Å²) in [5.41, 5.74) is 3.50. The lowest BCUT2D eigenvalue weighted by Gasteiger charge is -2.10. The number of nitrogens with one attached hydrogen (secondary N) is 1. The molecule has 1 heterocycles. The zero-order valence-corrected chi connectivity index (χ0v) is 14.4. The van der Waals surface area contributed by atoms with Crippen LogP contribution in [0.1, 0.15) is 5.56 Å². The molecule has 1 aromatic heterocycles. The predicted octanol–water partition coefficient (Wildman–Crippen LogP) is 5.61. The fourth-order valence-electron chi connectivity index (χ4n) is 2.14. The number of rotatable bonds is 4. The fraction of sp³-hybridized carbons (Fsp3) is 0.0588. The molecule has 106 valence electrons. The van der Waals surface area contributed by atoms with Crippen LogP contribution in [0, 0.1) is 0 Å². The van der Waals surface area contributed by atoms with Crippen LogP contribution in [-0.2, 0) is 6.54 Å². The van der Waals surface area contributed by atoms with E-state index in [1.54, 1.807) is 0 Å². The molecule has 2 nitrogen and oxygen atoms in total. The standard InChI is InChI=1S/C17H14Br2N2/c18-16-7-6-13(10-17(16)19)12-20-14-4-3-5-15(11-14)21-8-1-2-9-21/h1-11,20H,12H2. The second-order valence-corrected chi connectivity index (χ2v) is 6.45. The molecule has 0 aliphatic heterocycles. The minimum absolute atomic E-state index is 0.793. The number of hydrogen-bond donors (Lipinski definition) is 1. The Morgan fingerprint density at radius 1 is 0.857 bits per heavy atom. The van der Waals surface area contributed by atoms with Gasteiger partial charge in [0.1, 0.15) is 0 Å². The summed E-state index contributed by atoms with van der Waals surface area (Å²) in [5.74, 6) is 0. The molecule has 0 aliphatic carbocycles. The third kappa shape index (κ3) is 3.57. The molecule has 4 heteroatoms. The molecule has 0 fully saturated rings. The van der Waals surface area contributed by atoms with Gasteiger partial charge in [0, 0.05) is 39.3 Å². The van der Waals surface area contributed by atoms with Crippen molar-refractivity contribution in [2.75, 3.05) is 5.32 Å². The van der Waals surface area contributed by atoms with Crippen LogP contribution in [0.2, 0.25) is 0 Å². The molecule has 0 radical (unpaired) electrons. The molecule has 0 unspecified atom stereocenters. The average molecular weight is 406 g/mol. The molecule has 0 saturated heterocycles. The predicted molar refractivity (Wildman–Crippen MR) is 94.9 cm³/mol. The Bertz CT molecular complexity index is 736. The summed E-state index contributed by atoms with van der Waals surface area (Å²) < 4.78 is 4.24. The van der Waals surface area contributed by atoms with Crippen LogP contribution in [0.5, 0.6) is 0 Å². The van der Waals surface area contributed by atoms with Crippen LogP contribution in [-0.4, -0.2) is 4.57 Å². The average Bonchev–Trinajstić information content (AvgIpc) is 3.03. The molecular weight excluding hydrogens is 392 g/mol. The second kappa shape index (κ2) is 6.50. The first-order valence-corrected chi connectivity index (χ1v) is 8.22. The molecule has 0 amide bonds. The lowest BCUT2D eigenvalue weighted by molar-refractivity contribution is 1.07. The second-order valence-electron chi connectivity index (χ2n) is 4.74. The molecule has 2 aromatic carbocycles. The largest absolute Gasteiger partial charge is 0.381 e. The fourth-order valence-corrected chi connectivity index (χ4v) is 2.81. The normalized spacial score (nSPS) is 10.6. The molecule has 0 saturated carbocycles. The first-order chi connectivity index (χ1) is 10.2. The minimum atomic E-state index is 0.793. The summed E-state index contributed by atoms with van der Waals surface area (Å²) in [6, 6.07) is 18.7. The number of nitrogens with zero attached hydrogens (tertiary/aromatic N) is 1. The Kier molecular flexibility index (Phi) is 4.46. The smallest absolute Gasteiger partial charge is 0.0469 e. The van der Waals surface area contributed by atoms with Gasteiger partial charge in [0.2, 0.25) is 0 Å². The summed E-state index contributed by atoms with van der Waals surface area (Å²) in [7, 11) is 0. The molecule has 3 rings (SSSR count). The highest BCUT2D eigenvalue weighted by Crippen LogP contribution is 2.24. The van der Waals surface area contributed by atoms with E-state index < -0.39 is 0 Å². The molecule has 0 bridgehead atoms. The van der Waals surface area contributed by atoms with E-state index in [-0.39, 0.29) is 0 Å². The van der Waals surface area contributed by atoms with E-state index in [2.05, 4.69) is 84.2 Å². The number of aromatic nitrogens is 1. The summed E-state index contributed by atoms with van der Waals surface area (Å²) in [5, 5.41) is 3.46. The van der Waals surface area contributed by atoms with Gasteiger partial charge in [-0.1, -0.05) is 12.1 Å². The van der Waals surface area contributed by atoms with Crippen molar-refractivity contribution in [3.63, 3.8) is 0 Å². The highest BCUT2D eigenvalue weighted by atomic mass is 79.9. The topological polar surface area (TPSA) is 17.0 Å². The van der Waals surface area contributed by atoms with Gasteiger partial charge in [-0.3, -0.25) is 0 Å². The van der Waals surface area contributed by atoms with Gasteiger partial charge in [-0.05, 0) is 79.9 Å². The van der Waals surface area contributed by atoms with Crippen LogP contribution >= 0.6 is 31.9 Å². The Morgan fingerprint density at radius 3 is 2.43 bits per heavy atom. The van der Waals surface area contributed by atoms with Crippen molar-refractivity contribution in [1.29, 1.82) is 0 Å². The van der Waals surface area contributed by atoms with E-state index in [4.69, 9.17) is 0 Å². The Hall–Kier alpha value is -1.52. The quantitative estimate of drug-likeness (QED) is 0.596. The van der Waals surface area contributed by atoms with Gasteiger partial charge in [0.05, 0.1) is 0 Å². The van der Waals surface area contributed by atoms with Gasteiger partial charge in [0.15, 0.2) is 0 Å². The van der Waals surface area contributed by atoms with Crippen molar-refractivity contribution in [1.82, 2.24) is 4.57 Å². The zero-order chi connectivity index (χ0) is 14.7. The summed E-state index contributed by atoms with van der Waals surface area (Å²) >= 11 is 7.02. The molecule has 0 atom stereocenters. The summed E-state index contributed by atoms with van der Waals surface area (Å²) in [6.45, 7) is 0.793. The van der Waals surface area contributed by atoms with Crippen molar-refractivity contribution >= 4 is 37.5 Å². The molecular formula is C17H14Br2N2. The zero-order valence-electron chi connectivity index (χ0n) is 11.3. The summed E-state index contributed by atoms with van der Waals surface area (Å²) in [4.78, 5) is 0. The van der Waals surface area contributed by atoms with E-state index in [0.717, 1.165) is 26.9 Å². The highest BCUT2D eigenvalue weighted by Gasteiger charge is 2.00. The van der Waals surface area contributed by atoms with Gasteiger partial charge in [-0.25, -0.2) is 0 Å². The monoisotopic (exact) mass is 404 g/mol. The third-order valence-corrected chi connectivity index (χ3v) is 5.11. The lowest BCUT2D eigenvalue weighted by Crippen LogP contribution is -2.00. The van der Waals surface area contributed by atoms with Crippen LogP contribution in [0.25, 0.3) is 5.69 Å². The van der Waals surface area contributed by atoms with Crippen LogP contribution in [0.15, 0.2) is 75.9 Å². The number of hydrogen-bond acceptors (Lipinski definition) is 1. The Morgan fingerprint density at radius 2 is 1.67 bits per heavy atom. The van der Waals surface area contributed by atoms with Crippen molar-refractivity contribution in [3.8, 4) is 5.69 Å². The highest BCUT2D eigenvalue weighted by molar-refractivity contribution is 9.13. The third-order valence-electron chi connectivity index (χ3n) is 3.23. The van der Waals surface area contributed by atoms with Gasteiger partial charge >= 0.3 is 0 Å². The SMILES string of the molecule is Brc1ccc(CNc2cccc(-n3cccc3)c2)cc1Br. The molecule has 3 aromatic rings. The van der Waals surface area contributed by atoms with E-state index in [9.17, 15) is 0 Å². The van der Waals surface area contributed by atoms with Gasteiger partial charge in [0.25, 0.3) is 0 Å². The van der Waals surface area contributed by atoms with Gasteiger partial charge in [-0.2, -0.15) is 0 Å². The van der Waals surface area contributed by atoms with E-state index in [0.29, 0.717) is 0 Å².